The fraction of sp³-hybridized carbons (Fsp3) is 0.182. The molecule has 0 aliphatic rings. The number of methoxy groups -OCH3 is 2. The maximum absolute atomic E-state index is 12.4. The molecule has 144 valence electrons. The number of nitrogens with zero attached hydrogens (tertiary/aromatic N) is 1. The molecule has 2 aromatic carbocycles. The number of benzene rings is 2. The van der Waals surface area contributed by atoms with Crippen LogP contribution < -0.4 is 20.1 Å². The average molecular weight is 377 g/mol. The molecule has 2 N–H and O–H groups in total. The largest absolute Gasteiger partial charge is 0.496 e. The summed E-state index contributed by atoms with van der Waals surface area (Å²) in [7, 11) is 3.24. The summed E-state index contributed by atoms with van der Waals surface area (Å²) in [5, 5.41) is 6.10. The summed E-state index contributed by atoms with van der Waals surface area (Å²) in [6, 6.07) is 18.7. The highest BCUT2D eigenvalue weighted by atomic mass is 16.5. The number of aromatic nitrogens is 1. The van der Waals surface area contributed by atoms with Gasteiger partial charge in [0, 0.05) is 12.7 Å². The molecule has 0 aliphatic heterocycles. The normalized spacial score (nSPS) is 10.2. The first-order chi connectivity index (χ1) is 13.7. The smallest absolute Gasteiger partial charge is 0.257 e. The van der Waals surface area contributed by atoms with Crippen LogP contribution >= 0.6 is 0 Å². The lowest BCUT2D eigenvalue weighted by molar-refractivity contribution is 0.102. The molecular formula is C22H23N3O3. The fourth-order valence-electron chi connectivity index (χ4n) is 2.81. The topological polar surface area (TPSA) is 72.5 Å². The molecular weight excluding hydrogens is 354 g/mol. The van der Waals surface area contributed by atoms with Gasteiger partial charge in [-0.2, -0.15) is 0 Å². The monoisotopic (exact) mass is 377 g/mol. The maximum atomic E-state index is 12.4. The molecule has 6 nitrogen and oxygen atoms in total. The highest BCUT2D eigenvalue weighted by molar-refractivity contribution is 6.04. The standard InChI is InChI=1S/C22H23N3O3/c1-27-19-9-5-3-7-16(19)13-14-23-21-12-11-17(15-24-21)22(26)25-18-8-4-6-10-20(18)28-2/h3-12,15H,13-14H2,1-2H3,(H,23,24)(H,25,26). The van der Waals surface area contributed by atoms with E-state index in [1.807, 2.05) is 36.4 Å². The van der Waals surface area contributed by atoms with Crippen molar-refractivity contribution in [2.24, 2.45) is 0 Å². The van der Waals surface area contributed by atoms with Crippen molar-refractivity contribution in [3.8, 4) is 11.5 Å². The van der Waals surface area contributed by atoms with E-state index in [1.165, 1.54) is 0 Å². The van der Waals surface area contributed by atoms with Crippen LogP contribution in [0.5, 0.6) is 11.5 Å². The van der Waals surface area contributed by atoms with Gasteiger partial charge in [0.1, 0.15) is 17.3 Å². The Hall–Kier alpha value is -3.54. The van der Waals surface area contributed by atoms with Crippen molar-refractivity contribution < 1.29 is 14.3 Å². The van der Waals surface area contributed by atoms with Crippen molar-refractivity contribution in [1.29, 1.82) is 0 Å². The average Bonchev–Trinajstić information content (AvgIpc) is 2.75. The number of rotatable bonds is 8. The Morgan fingerprint density at radius 2 is 1.64 bits per heavy atom. The molecule has 0 bridgehead atoms. The number of carbonyl (C=O) groups is 1. The van der Waals surface area contributed by atoms with E-state index in [9.17, 15) is 4.79 Å². The van der Waals surface area contributed by atoms with Gasteiger partial charge in [0.2, 0.25) is 0 Å². The lowest BCUT2D eigenvalue weighted by Crippen LogP contribution is -2.13. The van der Waals surface area contributed by atoms with Gasteiger partial charge in [-0.25, -0.2) is 4.98 Å². The van der Waals surface area contributed by atoms with Gasteiger partial charge in [-0.1, -0.05) is 30.3 Å². The van der Waals surface area contributed by atoms with Crippen molar-refractivity contribution in [2.75, 3.05) is 31.4 Å². The van der Waals surface area contributed by atoms with Gasteiger partial charge in [0.25, 0.3) is 5.91 Å². The number of anilines is 2. The number of carbonyl (C=O) groups excluding carboxylic acids is 1. The van der Waals surface area contributed by atoms with Crippen LogP contribution in [0.2, 0.25) is 0 Å². The summed E-state index contributed by atoms with van der Waals surface area (Å²) in [6.45, 7) is 0.708. The van der Waals surface area contributed by atoms with E-state index in [4.69, 9.17) is 9.47 Å². The number of amides is 1. The van der Waals surface area contributed by atoms with Crippen LogP contribution in [-0.2, 0) is 6.42 Å². The maximum Gasteiger partial charge on any atom is 0.257 e. The van der Waals surface area contributed by atoms with E-state index in [1.54, 1.807) is 44.7 Å². The summed E-state index contributed by atoms with van der Waals surface area (Å²) >= 11 is 0. The SMILES string of the molecule is COc1ccccc1CCNc1ccc(C(=O)Nc2ccccc2OC)cn1. The molecule has 0 atom stereocenters. The number of hydrogen-bond donors (Lipinski definition) is 2. The Balaban J connectivity index is 1.56. The van der Waals surface area contributed by atoms with Gasteiger partial charge in [0.05, 0.1) is 25.5 Å². The minimum absolute atomic E-state index is 0.238. The van der Waals surface area contributed by atoms with E-state index < -0.39 is 0 Å². The number of ether oxygens (including phenoxy) is 2. The van der Waals surface area contributed by atoms with E-state index >= 15 is 0 Å². The van der Waals surface area contributed by atoms with Crippen LogP contribution in [0.25, 0.3) is 0 Å². The predicted molar refractivity (Wildman–Crippen MR) is 110 cm³/mol. The van der Waals surface area contributed by atoms with Crippen LogP contribution in [0.3, 0.4) is 0 Å². The first-order valence-electron chi connectivity index (χ1n) is 8.97. The van der Waals surface area contributed by atoms with E-state index in [0.717, 1.165) is 17.7 Å². The molecule has 6 heteroatoms. The van der Waals surface area contributed by atoms with Gasteiger partial charge in [-0.15, -0.1) is 0 Å². The van der Waals surface area contributed by atoms with Gasteiger partial charge in [0.15, 0.2) is 0 Å². The van der Waals surface area contributed by atoms with Gasteiger partial charge >= 0.3 is 0 Å². The van der Waals surface area contributed by atoms with Crippen molar-refractivity contribution in [3.05, 3.63) is 78.0 Å². The summed E-state index contributed by atoms with van der Waals surface area (Å²) in [6.07, 6.45) is 2.36. The minimum atomic E-state index is -0.238. The third-order valence-electron chi connectivity index (χ3n) is 4.27. The number of pyridine rings is 1. The molecule has 0 saturated heterocycles. The number of nitrogens with one attached hydrogen (secondary N) is 2. The van der Waals surface area contributed by atoms with Gasteiger partial charge in [-0.05, 0) is 42.3 Å². The van der Waals surface area contributed by atoms with Gasteiger partial charge < -0.3 is 20.1 Å². The molecule has 3 aromatic rings. The lowest BCUT2D eigenvalue weighted by atomic mass is 10.1. The zero-order valence-electron chi connectivity index (χ0n) is 15.9. The minimum Gasteiger partial charge on any atom is -0.496 e. The molecule has 0 saturated carbocycles. The zero-order chi connectivity index (χ0) is 19.8. The van der Waals surface area contributed by atoms with Crippen LogP contribution in [-0.4, -0.2) is 31.7 Å². The molecule has 0 unspecified atom stereocenters. The second kappa shape index (κ2) is 9.41. The Morgan fingerprint density at radius 3 is 2.36 bits per heavy atom. The number of para-hydroxylation sites is 3. The van der Waals surface area contributed by atoms with Crippen molar-refractivity contribution in [2.45, 2.75) is 6.42 Å². The Bertz CT molecular complexity index is 926. The van der Waals surface area contributed by atoms with E-state index in [-0.39, 0.29) is 5.91 Å². The lowest BCUT2D eigenvalue weighted by Gasteiger charge is -2.11. The van der Waals surface area contributed by atoms with Crippen molar-refractivity contribution in [3.63, 3.8) is 0 Å². The van der Waals surface area contributed by atoms with Crippen molar-refractivity contribution >= 4 is 17.4 Å². The molecule has 0 spiro atoms. The Labute approximate surface area is 164 Å². The second-order valence-electron chi connectivity index (χ2n) is 6.08. The summed E-state index contributed by atoms with van der Waals surface area (Å²) in [5.74, 6) is 1.96. The van der Waals surface area contributed by atoms with Crippen LogP contribution in [0.15, 0.2) is 66.9 Å². The number of hydrogen-bond acceptors (Lipinski definition) is 5. The van der Waals surface area contributed by atoms with Crippen LogP contribution in [0, 0.1) is 0 Å². The zero-order valence-corrected chi connectivity index (χ0v) is 15.9. The molecule has 0 fully saturated rings. The molecule has 1 heterocycles. The van der Waals surface area contributed by atoms with Crippen LogP contribution in [0.4, 0.5) is 11.5 Å². The summed E-state index contributed by atoms with van der Waals surface area (Å²) < 4.78 is 10.6. The third-order valence-corrected chi connectivity index (χ3v) is 4.27. The highest BCUT2D eigenvalue weighted by Gasteiger charge is 2.10. The molecule has 1 amide bonds. The fourth-order valence-corrected chi connectivity index (χ4v) is 2.81. The first-order valence-corrected chi connectivity index (χ1v) is 8.97. The van der Waals surface area contributed by atoms with E-state index in [2.05, 4.69) is 15.6 Å². The van der Waals surface area contributed by atoms with E-state index in [0.29, 0.717) is 29.4 Å². The quantitative estimate of drug-likeness (QED) is 0.621. The second-order valence-corrected chi connectivity index (χ2v) is 6.08. The molecule has 0 aliphatic carbocycles. The molecule has 1 aromatic heterocycles. The first kappa shape index (κ1) is 19.2. The highest BCUT2D eigenvalue weighted by Crippen LogP contribution is 2.23. The molecule has 0 radical (unpaired) electrons. The van der Waals surface area contributed by atoms with Gasteiger partial charge in [-0.3, -0.25) is 4.79 Å². The Morgan fingerprint density at radius 1 is 0.929 bits per heavy atom. The predicted octanol–water partition coefficient (Wildman–Crippen LogP) is 4.01. The summed E-state index contributed by atoms with van der Waals surface area (Å²) in [5.41, 5.74) is 2.22. The molecule has 3 rings (SSSR count). The van der Waals surface area contributed by atoms with Crippen molar-refractivity contribution in [1.82, 2.24) is 4.98 Å². The third kappa shape index (κ3) is 4.79. The molecule has 28 heavy (non-hydrogen) atoms. The Kier molecular flexibility index (Phi) is 6.46. The summed E-state index contributed by atoms with van der Waals surface area (Å²) in [4.78, 5) is 16.7. The van der Waals surface area contributed by atoms with Crippen LogP contribution in [0.1, 0.15) is 15.9 Å².